The summed E-state index contributed by atoms with van der Waals surface area (Å²) in [5.41, 5.74) is 0.592. The average molecular weight is 281 g/mol. The van der Waals surface area contributed by atoms with Crippen LogP contribution in [0.2, 0.25) is 0 Å². The maximum absolute atomic E-state index is 11.4. The van der Waals surface area contributed by atoms with Crippen LogP contribution in [-0.2, 0) is 4.79 Å². The first-order chi connectivity index (χ1) is 9.58. The highest BCUT2D eigenvalue weighted by atomic mass is 16.6. The van der Waals surface area contributed by atoms with E-state index in [9.17, 15) is 14.9 Å². The van der Waals surface area contributed by atoms with E-state index in [0.717, 1.165) is 6.42 Å². The van der Waals surface area contributed by atoms with Crippen molar-refractivity contribution < 1.29 is 14.5 Å². The second-order valence-electron chi connectivity index (χ2n) is 4.17. The van der Waals surface area contributed by atoms with Crippen LogP contribution < -0.4 is 15.4 Å². The molecular formula is C13H19N3O4. The van der Waals surface area contributed by atoms with Gasteiger partial charge >= 0.3 is 5.69 Å². The quantitative estimate of drug-likeness (QED) is 0.561. The molecule has 0 unspecified atom stereocenters. The number of nitro groups is 1. The van der Waals surface area contributed by atoms with Gasteiger partial charge in [0.25, 0.3) is 0 Å². The third-order valence-electron chi connectivity index (χ3n) is 2.63. The molecule has 110 valence electrons. The van der Waals surface area contributed by atoms with Crippen LogP contribution >= 0.6 is 0 Å². The van der Waals surface area contributed by atoms with Crippen LogP contribution in [0.25, 0.3) is 0 Å². The van der Waals surface area contributed by atoms with E-state index < -0.39 is 4.92 Å². The van der Waals surface area contributed by atoms with Gasteiger partial charge in [-0.25, -0.2) is 0 Å². The summed E-state index contributed by atoms with van der Waals surface area (Å²) in [4.78, 5) is 21.6. The molecule has 0 saturated carbocycles. The third kappa shape index (κ3) is 4.75. The Morgan fingerprint density at radius 2 is 2.15 bits per heavy atom. The van der Waals surface area contributed by atoms with Crippen molar-refractivity contribution in [2.24, 2.45) is 0 Å². The predicted octanol–water partition coefficient (Wildman–Crippen LogP) is 1.93. The molecule has 1 amide bonds. The van der Waals surface area contributed by atoms with Crippen LogP contribution in [-0.4, -0.2) is 31.0 Å². The Bertz CT molecular complexity index is 477. The maximum atomic E-state index is 11.4. The zero-order valence-corrected chi connectivity index (χ0v) is 11.6. The lowest BCUT2D eigenvalue weighted by atomic mass is 10.2. The first-order valence-corrected chi connectivity index (χ1v) is 6.41. The number of hydrogen-bond donors (Lipinski definition) is 2. The Morgan fingerprint density at radius 1 is 1.40 bits per heavy atom. The third-order valence-corrected chi connectivity index (χ3v) is 2.63. The molecule has 0 aliphatic heterocycles. The van der Waals surface area contributed by atoms with Gasteiger partial charge in [-0.1, -0.05) is 6.92 Å². The van der Waals surface area contributed by atoms with Crippen molar-refractivity contribution in [1.29, 1.82) is 0 Å². The first kappa shape index (κ1) is 15.7. The van der Waals surface area contributed by atoms with Crippen LogP contribution in [0.5, 0.6) is 5.75 Å². The van der Waals surface area contributed by atoms with Gasteiger partial charge in [0, 0.05) is 37.3 Å². The van der Waals surface area contributed by atoms with Crippen molar-refractivity contribution in [3.05, 3.63) is 28.3 Å². The van der Waals surface area contributed by atoms with E-state index in [1.807, 2.05) is 6.92 Å². The summed E-state index contributed by atoms with van der Waals surface area (Å²) in [6.45, 7) is 3.11. The number of rotatable bonds is 8. The van der Waals surface area contributed by atoms with E-state index in [-0.39, 0.29) is 17.3 Å². The molecule has 20 heavy (non-hydrogen) atoms. The molecule has 0 atom stereocenters. The monoisotopic (exact) mass is 281 g/mol. The van der Waals surface area contributed by atoms with Crippen molar-refractivity contribution in [2.75, 3.05) is 25.5 Å². The lowest BCUT2D eigenvalue weighted by Crippen LogP contribution is -2.25. The number of carbonyl (C=O) groups is 1. The van der Waals surface area contributed by atoms with Crippen molar-refractivity contribution >= 4 is 17.3 Å². The molecular weight excluding hydrogens is 262 g/mol. The number of carbonyl (C=O) groups excluding carboxylic acids is 1. The second kappa shape index (κ2) is 7.98. The number of nitrogens with zero attached hydrogens (tertiary/aromatic N) is 1. The molecule has 1 aromatic rings. The molecule has 0 spiro atoms. The van der Waals surface area contributed by atoms with Gasteiger partial charge in [-0.2, -0.15) is 0 Å². The summed E-state index contributed by atoms with van der Waals surface area (Å²) in [5, 5.41) is 16.5. The normalized spacial score (nSPS) is 9.90. The Morgan fingerprint density at radius 3 is 2.75 bits per heavy atom. The lowest BCUT2D eigenvalue weighted by molar-refractivity contribution is -0.385. The Hall–Kier alpha value is -2.31. The highest BCUT2D eigenvalue weighted by Gasteiger charge is 2.14. The fraction of sp³-hybridized carbons (Fsp3) is 0.462. The first-order valence-electron chi connectivity index (χ1n) is 6.41. The highest BCUT2D eigenvalue weighted by molar-refractivity contribution is 5.76. The number of anilines is 1. The molecule has 0 radical (unpaired) electrons. The topological polar surface area (TPSA) is 93.5 Å². The molecule has 0 fully saturated rings. The summed E-state index contributed by atoms with van der Waals surface area (Å²) in [5.74, 6) is 0.170. The van der Waals surface area contributed by atoms with Gasteiger partial charge in [-0.3, -0.25) is 14.9 Å². The summed E-state index contributed by atoms with van der Waals surface area (Å²) in [7, 11) is 1.38. The Balaban J connectivity index is 2.52. The fourth-order valence-electron chi connectivity index (χ4n) is 1.61. The smallest absolute Gasteiger partial charge is 0.311 e. The summed E-state index contributed by atoms with van der Waals surface area (Å²) >= 11 is 0. The van der Waals surface area contributed by atoms with Gasteiger partial charge in [-0.05, 0) is 12.5 Å². The van der Waals surface area contributed by atoms with Gasteiger partial charge in [0.15, 0.2) is 5.75 Å². The van der Waals surface area contributed by atoms with Crippen LogP contribution in [0.3, 0.4) is 0 Å². The molecule has 0 bridgehead atoms. The minimum Gasteiger partial charge on any atom is -0.490 e. The van der Waals surface area contributed by atoms with Gasteiger partial charge in [-0.15, -0.1) is 0 Å². The second-order valence-corrected chi connectivity index (χ2v) is 4.17. The molecule has 0 aromatic heterocycles. The molecule has 7 heteroatoms. The van der Waals surface area contributed by atoms with Crippen molar-refractivity contribution in [2.45, 2.75) is 19.8 Å². The summed E-state index contributed by atoms with van der Waals surface area (Å²) < 4.78 is 4.97. The van der Waals surface area contributed by atoms with Crippen molar-refractivity contribution in [1.82, 2.24) is 5.32 Å². The molecule has 0 aliphatic carbocycles. The Labute approximate surface area is 117 Å². The van der Waals surface area contributed by atoms with Gasteiger partial charge in [0.2, 0.25) is 5.91 Å². The van der Waals surface area contributed by atoms with Crippen LogP contribution in [0, 0.1) is 10.1 Å². The predicted molar refractivity (Wildman–Crippen MR) is 76.1 cm³/mol. The molecule has 0 heterocycles. The molecule has 2 N–H and O–H groups in total. The Kier molecular flexibility index (Phi) is 6.28. The SMILES string of the molecule is CCCNC(=O)CCNc1ccc([N+](=O)[O-])c(OC)c1. The van der Waals surface area contributed by atoms with E-state index in [4.69, 9.17) is 4.74 Å². The summed E-state index contributed by atoms with van der Waals surface area (Å²) in [6.07, 6.45) is 1.25. The fourth-order valence-corrected chi connectivity index (χ4v) is 1.61. The van der Waals surface area contributed by atoms with Crippen molar-refractivity contribution in [3.8, 4) is 5.75 Å². The lowest BCUT2D eigenvalue weighted by Gasteiger charge is -2.08. The van der Waals surface area contributed by atoms with Crippen LogP contribution in [0.1, 0.15) is 19.8 Å². The number of benzene rings is 1. The maximum Gasteiger partial charge on any atom is 0.311 e. The molecule has 1 aromatic carbocycles. The van der Waals surface area contributed by atoms with Crippen molar-refractivity contribution in [3.63, 3.8) is 0 Å². The zero-order valence-electron chi connectivity index (χ0n) is 11.6. The van der Waals surface area contributed by atoms with E-state index >= 15 is 0 Å². The van der Waals surface area contributed by atoms with Gasteiger partial charge < -0.3 is 15.4 Å². The molecule has 0 aliphatic rings. The molecule has 1 rings (SSSR count). The number of ether oxygens (including phenoxy) is 1. The molecule has 0 saturated heterocycles. The van der Waals surface area contributed by atoms with E-state index in [2.05, 4.69) is 10.6 Å². The number of hydrogen-bond acceptors (Lipinski definition) is 5. The van der Waals surface area contributed by atoms with Crippen LogP contribution in [0.15, 0.2) is 18.2 Å². The average Bonchev–Trinajstić information content (AvgIpc) is 2.44. The standard InChI is InChI=1S/C13H19N3O4/c1-3-7-15-13(17)6-8-14-10-4-5-11(16(18)19)12(9-10)20-2/h4-5,9,14H,3,6-8H2,1-2H3,(H,15,17). The zero-order chi connectivity index (χ0) is 15.0. The van der Waals surface area contributed by atoms with Crippen LogP contribution in [0.4, 0.5) is 11.4 Å². The molecule has 7 nitrogen and oxygen atoms in total. The van der Waals surface area contributed by atoms with Gasteiger partial charge in [0.1, 0.15) is 0 Å². The van der Waals surface area contributed by atoms with E-state index in [0.29, 0.717) is 25.2 Å². The number of methoxy groups -OCH3 is 1. The number of nitrogens with one attached hydrogen (secondary N) is 2. The summed E-state index contributed by atoms with van der Waals surface area (Å²) in [6, 6.07) is 4.50. The number of nitro benzene ring substituents is 1. The van der Waals surface area contributed by atoms with E-state index in [1.54, 1.807) is 12.1 Å². The highest BCUT2D eigenvalue weighted by Crippen LogP contribution is 2.29. The minimum absolute atomic E-state index is 0.0202. The van der Waals surface area contributed by atoms with E-state index in [1.165, 1.54) is 13.2 Å². The largest absolute Gasteiger partial charge is 0.490 e. The number of amides is 1. The minimum atomic E-state index is -0.499. The van der Waals surface area contributed by atoms with Gasteiger partial charge in [0.05, 0.1) is 12.0 Å².